The van der Waals surface area contributed by atoms with Gasteiger partial charge in [0.2, 0.25) is 11.9 Å². The second-order valence-corrected chi connectivity index (χ2v) is 12.8. The number of piperidine rings is 2. The molecule has 0 N–H and O–H groups in total. The molecule has 6 rings (SSSR count). The van der Waals surface area contributed by atoms with Crippen LogP contribution in [0.1, 0.15) is 64.7 Å². The lowest BCUT2D eigenvalue weighted by atomic mass is 9.90. The Morgan fingerprint density at radius 2 is 1.20 bits per heavy atom. The summed E-state index contributed by atoms with van der Waals surface area (Å²) in [7, 11) is 0. The first kappa shape index (κ1) is 29.2. The van der Waals surface area contributed by atoms with E-state index < -0.39 is 0 Å². The van der Waals surface area contributed by atoms with E-state index in [-0.39, 0.29) is 0 Å². The third kappa shape index (κ3) is 7.89. The highest BCUT2D eigenvalue weighted by Gasteiger charge is 2.43. The SMILES string of the molecule is CCC[C@@H]1C[C@@H]1C1CCN(c2ncc(Cl)cn2)CC1.[N-]=[N+]=NCC[C@@H]1C[C@@H]1C1CCN(c2ncc(Cl)cn2)CC1. The predicted octanol–water partition coefficient (Wildman–Crippen LogP) is 7.47. The average Bonchev–Trinajstić information content (AvgIpc) is 3.92. The van der Waals surface area contributed by atoms with Crippen LogP contribution >= 0.6 is 23.2 Å². The molecule has 0 amide bonds. The van der Waals surface area contributed by atoms with Gasteiger partial charge in [-0.1, -0.05) is 48.1 Å². The molecule has 2 aliphatic carbocycles. The van der Waals surface area contributed by atoms with Crippen LogP contribution in [-0.2, 0) is 0 Å². The summed E-state index contributed by atoms with van der Waals surface area (Å²) < 4.78 is 0. The van der Waals surface area contributed by atoms with Crippen molar-refractivity contribution in [3.05, 3.63) is 45.3 Å². The summed E-state index contributed by atoms with van der Waals surface area (Å²) in [6, 6.07) is 0. The lowest BCUT2D eigenvalue weighted by Crippen LogP contribution is -2.35. The fourth-order valence-corrected chi connectivity index (χ4v) is 7.19. The molecule has 2 aliphatic heterocycles. The minimum absolute atomic E-state index is 0.578. The van der Waals surface area contributed by atoms with Crippen molar-refractivity contribution in [1.82, 2.24) is 19.9 Å². The van der Waals surface area contributed by atoms with Crippen LogP contribution in [0.25, 0.3) is 10.4 Å². The third-order valence-electron chi connectivity index (χ3n) is 9.35. The van der Waals surface area contributed by atoms with Crippen molar-refractivity contribution in [1.29, 1.82) is 0 Å². The average molecular weight is 587 g/mol. The first-order valence-electron chi connectivity index (χ1n) is 15.0. The first-order chi connectivity index (χ1) is 19.6. The van der Waals surface area contributed by atoms with Gasteiger partial charge in [-0.05, 0) is 86.0 Å². The van der Waals surface area contributed by atoms with Gasteiger partial charge in [0.1, 0.15) is 0 Å². The zero-order valence-corrected chi connectivity index (χ0v) is 25.0. The molecule has 0 unspecified atom stereocenters. The third-order valence-corrected chi connectivity index (χ3v) is 9.74. The number of nitrogens with zero attached hydrogens (tertiary/aromatic N) is 9. The minimum Gasteiger partial charge on any atom is -0.341 e. The van der Waals surface area contributed by atoms with Gasteiger partial charge in [0, 0.05) is 37.6 Å². The highest BCUT2D eigenvalue weighted by Crippen LogP contribution is 2.51. The zero-order chi connectivity index (χ0) is 27.9. The van der Waals surface area contributed by atoms with Gasteiger partial charge in [-0.3, -0.25) is 0 Å². The Kier molecular flexibility index (Phi) is 10.2. The maximum absolute atomic E-state index is 8.30. The smallest absolute Gasteiger partial charge is 0.225 e. The van der Waals surface area contributed by atoms with Gasteiger partial charge < -0.3 is 9.80 Å². The second kappa shape index (κ2) is 14.0. The van der Waals surface area contributed by atoms with E-state index in [1.54, 1.807) is 24.8 Å². The van der Waals surface area contributed by atoms with Gasteiger partial charge in [-0.25, -0.2) is 19.9 Å². The number of hydrogen-bond acceptors (Lipinski definition) is 7. The molecule has 0 aromatic carbocycles. The van der Waals surface area contributed by atoms with Gasteiger partial charge in [0.05, 0.1) is 34.8 Å². The molecule has 2 saturated carbocycles. The van der Waals surface area contributed by atoms with Crippen LogP contribution in [0.2, 0.25) is 10.0 Å². The Labute approximate surface area is 247 Å². The summed E-state index contributed by atoms with van der Waals surface area (Å²) >= 11 is 11.6. The molecule has 11 heteroatoms. The number of aromatic nitrogens is 4. The quantitative estimate of drug-likeness (QED) is 0.171. The highest BCUT2D eigenvalue weighted by atomic mass is 35.5. The number of rotatable bonds is 9. The van der Waals surface area contributed by atoms with Crippen molar-refractivity contribution in [2.75, 3.05) is 42.5 Å². The fraction of sp³-hybridized carbons (Fsp3) is 0.724. The molecular weight excluding hydrogens is 545 g/mol. The van der Waals surface area contributed by atoms with Crippen LogP contribution < -0.4 is 9.80 Å². The molecule has 2 aromatic rings. The molecule has 4 atom stereocenters. The van der Waals surface area contributed by atoms with Crippen LogP contribution in [-0.4, -0.2) is 52.7 Å². The van der Waals surface area contributed by atoms with Gasteiger partial charge in [0.15, 0.2) is 0 Å². The van der Waals surface area contributed by atoms with Crippen LogP contribution in [0.15, 0.2) is 29.9 Å². The molecule has 2 saturated heterocycles. The van der Waals surface area contributed by atoms with Crippen molar-refractivity contribution in [3.8, 4) is 0 Å². The molecule has 0 bridgehead atoms. The van der Waals surface area contributed by atoms with Crippen molar-refractivity contribution >= 4 is 35.1 Å². The fourth-order valence-electron chi connectivity index (χ4n) is 6.99. The van der Waals surface area contributed by atoms with Crippen molar-refractivity contribution in [2.24, 2.45) is 40.6 Å². The molecule has 4 fully saturated rings. The Hall–Kier alpha value is -2.35. The Morgan fingerprint density at radius 3 is 1.60 bits per heavy atom. The van der Waals surface area contributed by atoms with E-state index in [1.807, 2.05) is 0 Å². The van der Waals surface area contributed by atoms with Gasteiger partial charge in [0.25, 0.3) is 0 Å². The molecule has 0 spiro atoms. The van der Waals surface area contributed by atoms with Crippen LogP contribution in [0.5, 0.6) is 0 Å². The number of hydrogen-bond donors (Lipinski definition) is 0. The van der Waals surface area contributed by atoms with Crippen molar-refractivity contribution < 1.29 is 0 Å². The zero-order valence-electron chi connectivity index (χ0n) is 23.5. The normalized spacial score (nSPS) is 26.5. The van der Waals surface area contributed by atoms with Gasteiger partial charge >= 0.3 is 0 Å². The monoisotopic (exact) mass is 585 g/mol. The van der Waals surface area contributed by atoms with E-state index in [9.17, 15) is 0 Å². The minimum atomic E-state index is 0.578. The summed E-state index contributed by atoms with van der Waals surface area (Å²) in [6.45, 7) is 7.19. The maximum atomic E-state index is 8.30. The van der Waals surface area contributed by atoms with E-state index in [0.717, 1.165) is 80.0 Å². The largest absolute Gasteiger partial charge is 0.341 e. The lowest BCUT2D eigenvalue weighted by molar-refractivity contribution is 0.341. The summed E-state index contributed by atoms with van der Waals surface area (Å²) in [4.78, 5) is 24.6. The van der Waals surface area contributed by atoms with E-state index in [2.05, 4.69) is 46.7 Å². The molecule has 4 aliphatic rings. The van der Waals surface area contributed by atoms with E-state index >= 15 is 0 Å². The molecule has 9 nitrogen and oxygen atoms in total. The Bertz CT molecular complexity index is 1110. The second-order valence-electron chi connectivity index (χ2n) is 11.9. The van der Waals surface area contributed by atoms with Crippen LogP contribution in [0, 0.1) is 35.5 Å². The van der Waals surface area contributed by atoms with Crippen molar-refractivity contribution in [3.63, 3.8) is 0 Å². The summed E-state index contributed by atoms with van der Waals surface area (Å²) in [5, 5.41) is 4.82. The number of anilines is 2. The van der Waals surface area contributed by atoms with Crippen LogP contribution in [0.4, 0.5) is 11.9 Å². The molecule has 216 valence electrons. The van der Waals surface area contributed by atoms with E-state index in [4.69, 9.17) is 28.7 Å². The van der Waals surface area contributed by atoms with Crippen molar-refractivity contribution in [2.45, 2.75) is 64.7 Å². The predicted molar refractivity (Wildman–Crippen MR) is 161 cm³/mol. The van der Waals surface area contributed by atoms with E-state index in [0.29, 0.717) is 16.6 Å². The standard InChI is InChI=1S/C15H22ClN3.C14H19ClN6/c1-2-3-12-8-14(12)11-4-6-19(7-5-11)15-17-9-13(16)10-18-15;15-12-8-17-14(18-9-12)21-5-2-10(3-6-21)13-7-11(13)1-4-19-20-16/h9-12,14H,2-8H2,1H3;8-11,13H,1-7H2/t12-,14-;11-,13-/m11/s1. The summed E-state index contributed by atoms with van der Waals surface area (Å²) in [5.41, 5.74) is 8.30. The maximum Gasteiger partial charge on any atom is 0.225 e. The Morgan fingerprint density at radius 1 is 0.775 bits per heavy atom. The molecule has 4 heterocycles. The van der Waals surface area contributed by atoms with Crippen LogP contribution in [0.3, 0.4) is 0 Å². The van der Waals surface area contributed by atoms with E-state index in [1.165, 1.54) is 51.4 Å². The molecule has 0 radical (unpaired) electrons. The highest BCUT2D eigenvalue weighted by molar-refractivity contribution is 6.30. The first-order valence-corrected chi connectivity index (χ1v) is 15.8. The topological polar surface area (TPSA) is 107 Å². The number of azide groups is 1. The summed E-state index contributed by atoms with van der Waals surface area (Å²) in [5.74, 6) is 7.05. The lowest BCUT2D eigenvalue weighted by Gasteiger charge is -2.32. The number of halogens is 2. The summed E-state index contributed by atoms with van der Waals surface area (Å²) in [6.07, 6.45) is 18.3. The molecule has 2 aromatic heterocycles. The Balaban J connectivity index is 0.000000162. The van der Waals surface area contributed by atoms with Gasteiger partial charge in [-0.15, -0.1) is 0 Å². The molecular formula is C29H41Cl2N9. The van der Waals surface area contributed by atoms with Gasteiger partial charge in [-0.2, -0.15) is 0 Å². The molecule has 40 heavy (non-hydrogen) atoms.